The number of nitrogens with zero attached hydrogens (tertiary/aromatic N) is 1. The normalized spacial score (nSPS) is 13.1. The number of hydrogen-bond acceptors (Lipinski definition) is 6. The summed E-state index contributed by atoms with van der Waals surface area (Å²) in [4.78, 5) is 16.0. The van der Waals surface area contributed by atoms with Gasteiger partial charge in [-0.1, -0.05) is 0 Å². The molecule has 0 radical (unpaired) electrons. The first-order valence-electron chi connectivity index (χ1n) is 8.02. The third kappa shape index (κ3) is 4.76. The Bertz CT molecular complexity index is 754. The number of pyridine rings is 1. The predicted octanol–water partition coefficient (Wildman–Crippen LogP) is 3.94. The Kier molecular flexibility index (Phi) is 4.65. The summed E-state index contributed by atoms with van der Waals surface area (Å²) in [5.41, 5.74) is 0.851. The van der Waals surface area contributed by atoms with Crippen molar-refractivity contribution >= 4 is 23.3 Å². The number of nitrogens with one attached hydrogen (secondary N) is 2. The fraction of sp³-hybridized carbons (Fsp3) is 0.333. The minimum Gasteiger partial charge on any atom is -0.486 e. The van der Waals surface area contributed by atoms with Crippen LogP contribution in [0.1, 0.15) is 20.8 Å². The van der Waals surface area contributed by atoms with Gasteiger partial charge in [-0.05, 0) is 45.0 Å². The highest BCUT2D eigenvalue weighted by Gasteiger charge is 2.16. The number of carbonyl (C=O) groups excluding carboxylic acids is 1. The third-order valence-electron chi connectivity index (χ3n) is 3.22. The molecule has 132 valence electrons. The molecule has 0 unspecified atom stereocenters. The Morgan fingerprint density at radius 2 is 1.80 bits per heavy atom. The van der Waals surface area contributed by atoms with Gasteiger partial charge in [0.05, 0.1) is 11.9 Å². The van der Waals surface area contributed by atoms with Gasteiger partial charge in [0.25, 0.3) is 0 Å². The summed E-state index contributed by atoms with van der Waals surface area (Å²) in [6.07, 6.45) is 1.05. The van der Waals surface area contributed by atoms with Crippen LogP contribution in [0, 0.1) is 0 Å². The zero-order valence-corrected chi connectivity index (χ0v) is 14.5. The van der Waals surface area contributed by atoms with E-state index >= 15 is 0 Å². The molecule has 0 atom stereocenters. The average molecular weight is 343 g/mol. The van der Waals surface area contributed by atoms with E-state index in [1.54, 1.807) is 18.3 Å². The van der Waals surface area contributed by atoms with Gasteiger partial charge in [0.1, 0.15) is 24.6 Å². The Balaban J connectivity index is 1.62. The molecule has 0 saturated heterocycles. The van der Waals surface area contributed by atoms with Crippen molar-refractivity contribution in [1.29, 1.82) is 0 Å². The van der Waals surface area contributed by atoms with Crippen molar-refractivity contribution in [2.24, 2.45) is 0 Å². The molecule has 0 spiro atoms. The standard InChI is InChI=1S/C18H21N3O4/c1-18(2,3)25-17(22)21-13-5-7-16(19-11-13)20-12-4-6-14-15(10-12)24-9-8-23-14/h4-7,10-11H,8-9H2,1-3H3,(H,19,20)(H,21,22). The minimum absolute atomic E-state index is 0.512. The first-order chi connectivity index (χ1) is 11.9. The number of fused-ring (bicyclic) bond motifs is 1. The van der Waals surface area contributed by atoms with Crippen molar-refractivity contribution in [3.05, 3.63) is 36.5 Å². The monoisotopic (exact) mass is 343 g/mol. The topological polar surface area (TPSA) is 81.7 Å². The van der Waals surface area contributed by atoms with E-state index in [0.717, 1.165) is 11.4 Å². The number of rotatable bonds is 3. The van der Waals surface area contributed by atoms with Gasteiger partial charge in [0.2, 0.25) is 0 Å². The SMILES string of the molecule is CC(C)(C)OC(=O)Nc1ccc(Nc2ccc3c(c2)OCCO3)nc1. The van der Waals surface area contributed by atoms with Crippen molar-refractivity contribution in [3.8, 4) is 11.5 Å². The molecule has 1 aliphatic heterocycles. The smallest absolute Gasteiger partial charge is 0.412 e. The van der Waals surface area contributed by atoms with Crippen molar-refractivity contribution in [2.45, 2.75) is 26.4 Å². The molecule has 0 fully saturated rings. The van der Waals surface area contributed by atoms with Gasteiger partial charge in [-0.25, -0.2) is 9.78 Å². The molecule has 7 nitrogen and oxygen atoms in total. The van der Waals surface area contributed by atoms with Crippen LogP contribution in [-0.4, -0.2) is 29.9 Å². The van der Waals surface area contributed by atoms with Crippen LogP contribution in [-0.2, 0) is 4.74 Å². The molecule has 0 bridgehead atoms. The third-order valence-corrected chi connectivity index (χ3v) is 3.22. The lowest BCUT2D eigenvalue weighted by atomic mass is 10.2. The Labute approximate surface area is 146 Å². The number of benzene rings is 1. The number of ether oxygens (including phenoxy) is 3. The molecular formula is C18H21N3O4. The highest BCUT2D eigenvalue weighted by atomic mass is 16.6. The van der Waals surface area contributed by atoms with Crippen LogP contribution in [0.5, 0.6) is 11.5 Å². The first-order valence-corrected chi connectivity index (χ1v) is 8.02. The second kappa shape index (κ2) is 6.88. The van der Waals surface area contributed by atoms with Crippen molar-refractivity contribution in [3.63, 3.8) is 0 Å². The Hall–Kier alpha value is -2.96. The summed E-state index contributed by atoms with van der Waals surface area (Å²) in [5, 5.41) is 5.82. The molecule has 3 rings (SSSR count). The van der Waals surface area contributed by atoms with Crippen LogP contribution < -0.4 is 20.1 Å². The van der Waals surface area contributed by atoms with Gasteiger partial charge in [-0.15, -0.1) is 0 Å². The summed E-state index contributed by atoms with van der Waals surface area (Å²) < 4.78 is 16.3. The van der Waals surface area contributed by atoms with Gasteiger partial charge in [0, 0.05) is 11.8 Å². The zero-order chi connectivity index (χ0) is 17.9. The highest BCUT2D eigenvalue weighted by Crippen LogP contribution is 2.33. The maximum atomic E-state index is 11.7. The molecule has 0 aliphatic carbocycles. The van der Waals surface area contributed by atoms with E-state index in [2.05, 4.69) is 15.6 Å². The van der Waals surface area contributed by atoms with Gasteiger partial charge in [-0.2, -0.15) is 0 Å². The van der Waals surface area contributed by atoms with Crippen molar-refractivity contribution < 1.29 is 19.0 Å². The van der Waals surface area contributed by atoms with Crippen LogP contribution >= 0.6 is 0 Å². The summed E-state index contributed by atoms with van der Waals surface area (Å²) in [7, 11) is 0. The minimum atomic E-state index is -0.544. The van der Waals surface area contributed by atoms with E-state index in [9.17, 15) is 4.79 Å². The summed E-state index contributed by atoms with van der Waals surface area (Å²) in [5.74, 6) is 2.09. The molecule has 25 heavy (non-hydrogen) atoms. The Morgan fingerprint density at radius 1 is 1.08 bits per heavy atom. The molecule has 1 aromatic heterocycles. The second-order valence-electron chi connectivity index (χ2n) is 6.54. The molecule has 2 aromatic rings. The van der Waals surface area contributed by atoms with Crippen LogP contribution in [0.25, 0.3) is 0 Å². The molecular weight excluding hydrogens is 322 g/mol. The lowest BCUT2D eigenvalue weighted by Gasteiger charge is -2.20. The van der Waals surface area contributed by atoms with E-state index in [1.165, 1.54) is 0 Å². The van der Waals surface area contributed by atoms with E-state index < -0.39 is 11.7 Å². The average Bonchev–Trinajstić information content (AvgIpc) is 2.55. The van der Waals surface area contributed by atoms with Gasteiger partial charge in [-0.3, -0.25) is 5.32 Å². The van der Waals surface area contributed by atoms with Gasteiger partial charge in [0.15, 0.2) is 11.5 Å². The van der Waals surface area contributed by atoms with Crippen molar-refractivity contribution in [1.82, 2.24) is 4.98 Å². The first kappa shape index (κ1) is 16.9. The van der Waals surface area contributed by atoms with E-state index in [0.29, 0.717) is 30.5 Å². The van der Waals surface area contributed by atoms with Gasteiger partial charge >= 0.3 is 6.09 Å². The highest BCUT2D eigenvalue weighted by molar-refractivity contribution is 5.84. The van der Waals surface area contributed by atoms with Crippen LogP contribution in [0.2, 0.25) is 0 Å². The largest absolute Gasteiger partial charge is 0.486 e. The van der Waals surface area contributed by atoms with Crippen LogP contribution in [0.4, 0.5) is 22.0 Å². The zero-order valence-electron chi connectivity index (χ0n) is 14.5. The number of carbonyl (C=O) groups is 1. The summed E-state index contributed by atoms with van der Waals surface area (Å²) in [6, 6.07) is 9.13. The van der Waals surface area contributed by atoms with Crippen LogP contribution in [0.3, 0.4) is 0 Å². The fourth-order valence-corrected chi connectivity index (χ4v) is 2.23. The lowest BCUT2D eigenvalue weighted by molar-refractivity contribution is 0.0636. The maximum Gasteiger partial charge on any atom is 0.412 e. The Morgan fingerprint density at radius 3 is 2.48 bits per heavy atom. The number of amides is 1. The number of anilines is 3. The predicted molar refractivity (Wildman–Crippen MR) is 94.8 cm³/mol. The summed E-state index contributed by atoms with van der Waals surface area (Å²) in [6.45, 7) is 6.54. The van der Waals surface area contributed by atoms with Crippen molar-refractivity contribution in [2.75, 3.05) is 23.8 Å². The molecule has 1 amide bonds. The van der Waals surface area contributed by atoms with E-state index in [1.807, 2.05) is 39.0 Å². The molecule has 0 saturated carbocycles. The quantitative estimate of drug-likeness (QED) is 0.878. The number of aromatic nitrogens is 1. The molecule has 2 heterocycles. The van der Waals surface area contributed by atoms with Gasteiger partial charge < -0.3 is 19.5 Å². The summed E-state index contributed by atoms with van der Waals surface area (Å²) >= 11 is 0. The lowest BCUT2D eigenvalue weighted by Crippen LogP contribution is -2.27. The number of hydrogen-bond donors (Lipinski definition) is 2. The molecule has 1 aliphatic rings. The maximum absolute atomic E-state index is 11.7. The molecule has 2 N–H and O–H groups in total. The molecule has 7 heteroatoms. The molecule has 1 aromatic carbocycles. The fourth-order valence-electron chi connectivity index (χ4n) is 2.23. The van der Waals surface area contributed by atoms with E-state index in [4.69, 9.17) is 14.2 Å². The van der Waals surface area contributed by atoms with Crippen LogP contribution in [0.15, 0.2) is 36.5 Å². The van der Waals surface area contributed by atoms with E-state index in [-0.39, 0.29) is 0 Å². The second-order valence-corrected chi connectivity index (χ2v) is 6.54.